The van der Waals surface area contributed by atoms with Gasteiger partial charge in [-0.05, 0) is 30.7 Å². The fourth-order valence-electron chi connectivity index (χ4n) is 2.19. The molecule has 2 rings (SSSR count). The molecule has 1 aromatic carbocycles. The zero-order valence-corrected chi connectivity index (χ0v) is 14.8. The molecule has 0 saturated carbocycles. The van der Waals surface area contributed by atoms with Crippen LogP contribution in [0, 0.1) is 0 Å². The molecule has 0 unspecified atom stereocenters. The second-order valence-corrected chi connectivity index (χ2v) is 5.93. The number of nitrogens with one attached hydrogen (secondary N) is 1. The normalized spacial score (nSPS) is 10.3. The standard InChI is InChI=1S/C18H25N5O/c1-5-6-11-23(4)18(24)16-12-20-17(13-19-16)21-14-7-9-15(10-8-14)22(2)3/h7-10,12-13H,5-6,11H2,1-4H3,(H,20,21). The van der Waals surface area contributed by atoms with E-state index in [1.165, 1.54) is 6.20 Å². The Labute approximate surface area is 143 Å². The number of nitrogens with zero attached hydrogens (tertiary/aromatic N) is 4. The summed E-state index contributed by atoms with van der Waals surface area (Å²) in [5.74, 6) is 0.512. The number of amides is 1. The minimum Gasteiger partial charge on any atom is -0.378 e. The van der Waals surface area contributed by atoms with Crippen molar-refractivity contribution >= 4 is 23.1 Å². The van der Waals surface area contributed by atoms with Gasteiger partial charge in [-0.2, -0.15) is 0 Å². The molecule has 0 spiro atoms. The van der Waals surface area contributed by atoms with Crippen molar-refractivity contribution in [3.05, 3.63) is 42.4 Å². The van der Waals surface area contributed by atoms with E-state index in [2.05, 4.69) is 22.2 Å². The van der Waals surface area contributed by atoms with Gasteiger partial charge in [0.15, 0.2) is 0 Å². The van der Waals surface area contributed by atoms with Crippen LogP contribution >= 0.6 is 0 Å². The molecule has 0 radical (unpaired) electrons. The maximum Gasteiger partial charge on any atom is 0.273 e. The molecule has 6 heteroatoms. The van der Waals surface area contributed by atoms with E-state index in [1.54, 1.807) is 18.1 Å². The quantitative estimate of drug-likeness (QED) is 0.846. The van der Waals surface area contributed by atoms with Gasteiger partial charge in [0.2, 0.25) is 0 Å². The summed E-state index contributed by atoms with van der Waals surface area (Å²) in [4.78, 5) is 24.5. The Morgan fingerprint density at radius 2 is 1.79 bits per heavy atom. The van der Waals surface area contributed by atoms with Gasteiger partial charge in [-0.1, -0.05) is 13.3 Å². The van der Waals surface area contributed by atoms with Gasteiger partial charge in [0, 0.05) is 39.1 Å². The maximum atomic E-state index is 12.2. The first kappa shape index (κ1) is 17.7. The van der Waals surface area contributed by atoms with Gasteiger partial charge in [0.25, 0.3) is 5.91 Å². The van der Waals surface area contributed by atoms with Crippen LogP contribution in [0.5, 0.6) is 0 Å². The van der Waals surface area contributed by atoms with E-state index in [4.69, 9.17) is 0 Å². The van der Waals surface area contributed by atoms with Crippen LogP contribution in [0.2, 0.25) is 0 Å². The minimum absolute atomic E-state index is 0.0992. The number of anilines is 3. The Kier molecular flexibility index (Phi) is 6.12. The molecule has 0 bridgehead atoms. The maximum absolute atomic E-state index is 12.2. The van der Waals surface area contributed by atoms with Crippen LogP contribution in [0.4, 0.5) is 17.2 Å². The average Bonchev–Trinajstić information content (AvgIpc) is 2.60. The first-order valence-corrected chi connectivity index (χ1v) is 8.13. The van der Waals surface area contributed by atoms with Gasteiger partial charge in [-0.25, -0.2) is 9.97 Å². The van der Waals surface area contributed by atoms with Gasteiger partial charge in [0.05, 0.1) is 12.4 Å². The van der Waals surface area contributed by atoms with E-state index in [1.807, 2.05) is 43.3 Å². The zero-order chi connectivity index (χ0) is 17.5. The second kappa shape index (κ2) is 8.29. The molecule has 24 heavy (non-hydrogen) atoms. The summed E-state index contributed by atoms with van der Waals surface area (Å²) in [6, 6.07) is 8.01. The van der Waals surface area contributed by atoms with Crippen molar-refractivity contribution in [2.24, 2.45) is 0 Å². The molecule has 0 fully saturated rings. The largest absolute Gasteiger partial charge is 0.378 e. The highest BCUT2D eigenvalue weighted by molar-refractivity contribution is 5.91. The average molecular weight is 327 g/mol. The molecule has 6 nitrogen and oxygen atoms in total. The van der Waals surface area contributed by atoms with E-state index in [-0.39, 0.29) is 5.91 Å². The Balaban J connectivity index is 2.00. The van der Waals surface area contributed by atoms with E-state index >= 15 is 0 Å². The smallest absolute Gasteiger partial charge is 0.273 e. The van der Waals surface area contributed by atoms with Gasteiger partial charge in [-0.3, -0.25) is 4.79 Å². The lowest BCUT2D eigenvalue weighted by atomic mass is 10.2. The van der Waals surface area contributed by atoms with Gasteiger partial charge in [0.1, 0.15) is 11.5 Å². The Morgan fingerprint density at radius 3 is 2.33 bits per heavy atom. The summed E-state index contributed by atoms with van der Waals surface area (Å²) >= 11 is 0. The third-order valence-corrected chi connectivity index (χ3v) is 3.72. The molecule has 0 aliphatic heterocycles. The molecular weight excluding hydrogens is 302 g/mol. The molecule has 1 heterocycles. The number of aromatic nitrogens is 2. The highest BCUT2D eigenvalue weighted by Gasteiger charge is 2.13. The second-order valence-electron chi connectivity index (χ2n) is 5.93. The molecule has 1 aromatic heterocycles. The molecule has 0 saturated heterocycles. The van der Waals surface area contributed by atoms with Crippen molar-refractivity contribution in [2.75, 3.05) is 37.9 Å². The number of hydrogen-bond donors (Lipinski definition) is 1. The van der Waals surface area contributed by atoms with Crippen molar-refractivity contribution in [3.63, 3.8) is 0 Å². The zero-order valence-electron chi connectivity index (χ0n) is 14.8. The fraction of sp³-hybridized carbons (Fsp3) is 0.389. The van der Waals surface area contributed by atoms with Gasteiger partial charge < -0.3 is 15.1 Å². The summed E-state index contributed by atoms with van der Waals surface area (Å²) in [6.07, 6.45) is 5.14. The topological polar surface area (TPSA) is 61.4 Å². The summed E-state index contributed by atoms with van der Waals surface area (Å²) in [7, 11) is 5.79. The van der Waals surface area contributed by atoms with Crippen molar-refractivity contribution in [1.29, 1.82) is 0 Å². The first-order valence-electron chi connectivity index (χ1n) is 8.13. The predicted octanol–water partition coefficient (Wildman–Crippen LogP) is 3.16. The number of carbonyl (C=O) groups is 1. The lowest BCUT2D eigenvalue weighted by molar-refractivity contribution is 0.0787. The number of rotatable bonds is 7. The lowest BCUT2D eigenvalue weighted by Crippen LogP contribution is -2.28. The number of hydrogen-bond acceptors (Lipinski definition) is 5. The monoisotopic (exact) mass is 327 g/mol. The Bertz CT molecular complexity index is 652. The van der Waals surface area contributed by atoms with E-state index < -0.39 is 0 Å². The van der Waals surface area contributed by atoms with Gasteiger partial charge in [-0.15, -0.1) is 0 Å². The molecule has 0 aliphatic rings. The Hall–Kier alpha value is -2.63. The van der Waals surface area contributed by atoms with Crippen molar-refractivity contribution in [2.45, 2.75) is 19.8 Å². The number of unbranched alkanes of at least 4 members (excludes halogenated alkanes) is 1. The molecule has 0 atom stereocenters. The molecule has 1 N–H and O–H groups in total. The van der Waals surface area contributed by atoms with Crippen LogP contribution in [0.15, 0.2) is 36.7 Å². The predicted molar refractivity (Wildman–Crippen MR) is 98.0 cm³/mol. The Morgan fingerprint density at radius 1 is 1.08 bits per heavy atom. The third-order valence-electron chi connectivity index (χ3n) is 3.72. The minimum atomic E-state index is -0.0992. The van der Waals surface area contributed by atoms with Crippen LogP contribution in [-0.4, -0.2) is 48.5 Å². The SMILES string of the molecule is CCCCN(C)C(=O)c1cnc(Nc2ccc(N(C)C)cc2)cn1. The van der Waals surface area contributed by atoms with Crippen LogP contribution in [-0.2, 0) is 0 Å². The fourth-order valence-corrected chi connectivity index (χ4v) is 2.19. The third kappa shape index (κ3) is 4.68. The van der Waals surface area contributed by atoms with E-state index in [9.17, 15) is 4.79 Å². The molecule has 128 valence electrons. The molecule has 0 aliphatic carbocycles. The van der Waals surface area contributed by atoms with Crippen molar-refractivity contribution < 1.29 is 4.79 Å². The summed E-state index contributed by atoms with van der Waals surface area (Å²) in [6.45, 7) is 2.83. The highest BCUT2D eigenvalue weighted by Crippen LogP contribution is 2.18. The highest BCUT2D eigenvalue weighted by atomic mass is 16.2. The first-order chi connectivity index (χ1) is 11.5. The number of carbonyl (C=O) groups excluding carboxylic acids is 1. The number of benzene rings is 1. The summed E-state index contributed by atoms with van der Waals surface area (Å²) in [5.41, 5.74) is 2.42. The van der Waals surface area contributed by atoms with Gasteiger partial charge >= 0.3 is 0 Å². The van der Waals surface area contributed by atoms with Crippen molar-refractivity contribution in [3.8, 4) is 0 Å². The lowest BCUT2D eigenvalue weighted by Gasteiger charge is -2.16. The molecular formula is C18H25N5O. The summed E-state index contributed by atoms with van der Waals surface area (Å²) in [5, 5.41) is 3.18. The van der Waals surface area contributed by atoms with E-state index in [0.29, 0.717) is 11.5 Å². The van der Waals surface area contributed by atoms with Crippen LogP contribution in [0.3, 0.4) is 0 Å². The van der Waals surface area contributed by atoms with E-state index in [0.717, 1.165) is 30.8 Å². The summed E-state index contributed by atoms with van der Waals surface area (Å²) < 4.78 is 0. The van der Waals surface area contributed by atoms with Crippen LogP contribution < -0.4 is 10.2 Å². The van der Waals surface area contributed by atoms with Crippen LogP contribution in [0.1, 0.15) is 30.3 Å². The van der Waals surface area contributed by atoms with Crippen molar-refractivity contribution in [1.82, 2.24) is 14.9 Å². The molecule has 1 amide bonds. The van der Waals surface area contributed by atoms with Crippen LogP contribution in [0.25, 0.3) is 0 Å². The molecule has 2 aromatic rings.